The third-order valence-electron chi connectivity index (χ3n) is 3.41. The van der Waals surface area contributed by atoms with Crippen molar-refractivity contribution in [3.8, 4) is 11.5 Å². The number of halogens is 1. The van der Waals surface area contributed by atoms with Crippen molar-refractivity contribution in [2.75, 3.05) is 26.6 Å². The highest BCUT2D eigenvalue weighted by Crippen LogP contribution is 2.39. The second-order valence-corrected chi connectivity index (χ2v) is 5.68. The third kappa shape index (κ3) is 4.00. The maximum atomic E-state index is 11.7. The fraction of sp³-hybridized carbons (Fsp3) is 0.188. The Labute approximate surface area is 152 Å². The van der Waals surface area contributed by atoms with Gasteiger partial charge in [-0.2, -0.15) is 0 Å². The van der Waals surface area contributed by atoms with Gasteiger partial charge in [0, 0.05) is 36.5 Å². The molecule has 0 unspecified atom stereocenters. The Morgan fingerprint density at radius 1 is 1.16 bits per heavy atom. The van der Waals surface area contributed by atoms with E-state index >= 15 is 0 Å². The smallest absolute Gasteiger partial charge is 0.293 e. The Bertz CT molecular complexity index is 800. The SMILES string of the molecule is CNC(=O)c1ccc(Nc2cc(OC)c(Br)c(OC)c2)c([N+](=O)[O-])c1. The largest absolute Gasteiger partial charge is 0.495 e. The molecule has 0 aliphatic rings. The minimum Gasteiger partial charge on any atom is -0.495 e. The van der Waals surface area contributed by atoms with Gasteiger partial charge < -0.3 is 20.1 Å². The van der Waals surface area contributed by atoms with E-state index < -0.39 is 10.8 Å². The van der Waals surface area contributed by atoms with Gasteiger partial charge in [0.25, 0.3) is 11.6 Å². The molecule has 0 radical (unpaired) electrons. The highest BCUT2D eigenvalue weighted by atomic mass is 79.9. The molecule has 0 aliphatic carbocycles. The first-order chi connectivity index (χ1) is 11.9. The summed E-state index contributed by atoms with van der Waals surface area (Å²) in [6.45, 7) is 0. The van der Waals surface area contributed by atoms with Crippen LogP contribution in [0.4, 0.5) is 17.1 Å². The van der Waals surface area contributed by atoms with Crippen LogP contribution in [0.2, 0.25) is 0 Å². The molecule has 25 heavy (non-hydrogen) atoms. The zero-order valence-electron chi connectivity index (χ0n) is 13.8. The summed E-state index contributed by atoms with van der Waals surface area (Å²) in [4.78, 5) is 22.5. The van der Waals surface area contributed by atoms with Crippen LogP contribution in [-0.2, 0) is 0 Å². The number of hydrogen-bond donors (Lipinski definition) is 2. The topological polar surface area (TPSA) is 103 Å². The summed E-state index contributed by atoms with van der Waals surface area (Å²) in [7, 11) is 4.47. The van der Waals surface area contributed by atoms with E-state index in [1.807, 2.05) is 0 Å². The van der Waals surface area contributed by atoms with Crippen LogP contribution in [0.15, 0.2) is 34.8 Å². The summed E-state index contributed by atoms with van der Waals surface area (Å²) in [5.41, 5.74) is 0.754. The molecule has 0 fully saturated rings. The molecule has 2 aromatic carbocycles. The first kappa shape index (κ1) is 18.5. The van der Waals surface area contributed by atoms with E-state index in [1.54, 1.807) is 12.1 Å². The maximum Gasteiger partial charge on any atom is 0.293 e. The Morgan fingerprint density at radius 3 is 2.24 bits per heavy atom. The quantitative estimate of drug-likeness (QED) is 0.559. The van der Waals surface area contributed by atoms with Crippen molar-refractivity contribution in [2.24, 2.45) is 0 Å². The second kappa shape index (κ2) is 7.84. The Balaban J connectivity index is 2.46. The van der Waals surface area contributed by atoms with E-state index in [2.05, 4.69) is 26.6 Å². The number of nitro benzene ring substituents is 1. The van der Waals surface area contributed by atoms with E-state index in [0.29, 0.717) is 21.7 Å². The molecule has 1 amide bonds. The molecule has 0 heterocycles. The standard InChI is InChI=1S/C16H16BrN3O5/c1-18-16(21)9-4-5-11(12(6-9)20(22)23)19-10-7-13(24-2)15(17)14(8-10)25-3/h4-8,19H,1-3H3,(H,18,21). The number of nitro groups is 1. The van der Waals surface area contributed by atoms with Crippen LogP contribution in [0.1, 0.15) is 10.4 Å². The lowest BCUT2D eigenvalue weighted by Gasteiger charge is -2.13. The highest BCUT2D eigenvalue weighted by molar-refractivity contribution is 9.10. The average molecular weight is 410 g/mol. The normalized spacial score (nSPS) is 10.1. The van der Waals surface area contributed by atoms with Crippen LogP contribution in [0.3, 0.4) is 0 Å². The number of amides is 1. The predicted molar refractivity (Wildman–Crippen MR) is 97.0 cm³/mol. The van der Waals surface area contributed by atoms with Gasteiger partial charge in [0.2, 0.25) is 0 Å². The van der Waals surface area contributed by atoms with E-state index in [9.17, 15) is 14.9 Å². The molecule has 0 bridgehead atoms. The number of methoxy groups -OCH3 is 2. The van der Waals surface area contributed by atoms with Crippen molar-refractivity contribution in [3.63, 3.8) is 0 Å². The van der Waals surface area contributed by atoms with Gasteiger partial charge in [-0.1, -0.05) is 0 Å². The molecule has 132 valence electrons. The number of hydrogen-bond acceptors (Lipinski definition) is 6. The molecule has 0 atom stereocenters. The van der Waals surface area contributed by atoms with Crippen molar-refractivity contribution >= 4 is 38.9 Å². The zero-order chi connectivity index (χ0) is 18.6. The fourth-order valence-electron chi connectivity index (χ4n) is 2.17. The van der Waals surface area contributed by atoms with Gasteiger partial charge in [0.05, 0.1) is 19.1 Å². The molecule has 2 N–H and O–H groups in total. The van der Waals surface area contributed by atoms with Gasteiger partial charge in [-0.15, -0.1) is 0 Å². The number of anilines is 2. The molecule has 0 aliphatic heterocycles. The van der Waals surface area contributed by atoms with E-state index in [0.717, 1.165) is 0 Å². The van der Waals surface area contributed by atoms with Gasteiger partial charge >= 0.3 is 0 Å². The molecule has 0 aromatic heterocycles. The summed E-state index contributed by atoms with van der Waals surface area (Å²) in [6, 6.07) is 7.53. The van der Waals surface area contributed by atoms with Crippen LogP contribution in [-0.4, -0.2) is 32.1 Å². The van der Waals surface area contributed by atoms with Crippen molar-refractivity contribution in [1.82, 2.24) is 5.32 Å². The lowest BCUT2D eigenvalue weighted by atomic mass is 10.1. The Hall–Kier alpha value is -2.81. The number of benzene rings is 2. The van der Waals surface area contributed by atoms with Crippen molar-refractivity contribution in [3.05, 3.63) is 50.5 Å². The molecule has 2 rings (SSSR count). The van der Waals surface area contributed by atoms with Gasteiger partial charge in [0.1, 0.15) is 21.7 Å². The summed E-state index contributed by atoms with van der Waals surface area (Å²) in [5, 5.41) is 16.7. The minimum atomic E-state index is -0.553. The van der Waals surface area contributed by atoms with Crippen LogP contribution in [0.25, 0.3) is 0 Å². The number of nitrogens with one attached hydrogen (secondary N) is 2. The number of carbonyl (C=O) groups is 1. The third-order valence-corrected chi connectivity index (χ3v) is 4.19. The molecule has 0 saturated carbocycles. The van der Waals surface area contributed by atoms with Crippen molar-refractivity contribution < 1.29 is 19.2 Å². The summed E-state index contributed by atoms with van der Waals surface area (Å²) in [6.07, 6.45) is 0. The number of ether oxygens (including phenoxy) is 2. The van der Waals surface area contributed by atoms with Gasteiger partial charge in [-0.25, -0.2) is 0 Å². The Kier molecular flexibility index (Phi) is 5.81. The molecular formula is C16H16BrN3O5. The van der Waals surface area contributed by atoms with Gasteiger partial charge in [-0.05, 0) is 28.1 Å². The van der Waals surface area contributed by atoms with E-state index in [1.165, 1.54) is 39.5 Å². The Morgan fingerprint density at radius 2 is 1.76 bits per heavy atom. The number of nitrogens with zero attached hydrogens (tertiary/aromatic N) is 1. The highest BCUT2D eigenvalue weighted by Gasteiger charge is 2.18. The van der Waals surface area contributed by atoms with Gasteiger partial charge in [0.15, 0.2) is 0 Å². The second-order valence-electron chi connectivity index (χ2n) is 4.89. The van der Waals surface area contributed by atoms with Crippen LogP contribution in [0.5, 0.6) is 11.5 Å². The minimum absolute atomic E-state index is 0.200. The fourth-order valence-corrected chi connectivity index (χ4v) is 2.72. The number of rotatable bonds is 6. The van der Waals surface area contributed by atoms with Crippen LogP contribution < -0.4 is 20.1 Å². The molecule has 9 heteroatoms. The predicted octanol–water partition coefficient (Wildman–Crippen LogP) is 3.48. The lowest BCUT2D eigenvalue weighted by Crippen LogP contribution is -2.17. The van der Waals surface area contributed by atoms with Crippen molar-refractivity contribution in [1.29, 1.82) is 0 Å². The summed E-state index contributed by atoms with van der Waals surface area (Å²) in [5.74, 6) is 0.611. The first-order valence-corrected chi connectivity index (χ1v) is 7.89. The molecule has 0 spiro atoms. The maximum absolute atomic E-state index is 11.7. The van der Waals surface area contributed by atoms with Gasteiger partial charge in [-0.3, -0.25) is 14.9 Å². The molecule has 2 aromatic rings. The van der Waals surface area contributed by atoms with Crippen LogP contribution >= 0.6 is 15.9 Å². The summed E-state index contributed by atoms with van der Waals surface area (Å²) >= 11 is 3.36. The zero-order valence-corrected chi connectivity index (χ0v) is 15.3. The molecule has 0 saturated heterocycles. The van der Waals surface area contributed by atoms with E-state index in [-0.39, 0.29) is 16.9 Å². The molecule has 8 nitrogen and oxygen atoms in total. The van der Waals surface area contributed by atoms with Crippen LogP contribution in [0, 0.1) is 10.1 Å². The average Bonchev–Trinajstić information content (AvgIpc) is 2.62. The van der Waals surface area contributed by atoms with Crippen molar-refractivity contribution in [2.45, 2.75) is 0 Å². The summed E-state index contributed by atoms with van der Waals surface area (Å²) < 4.78 is 11.1. The number of carbonyl (C=O) groups excluding carboxylic acids is 1. The molecular weight excluding hydrogens is 394 g/mol. The monoisotopic (exact) mass is 409 g/mol. The lowest BCUT2D eigenvalue weighted by molar-refractivity contribution is -0.383. The first-order valence-electron chi connectivity index (χ1n) is 7.10. The van der Waals surface area contributed by atoms with E-state index in [4.69, 9.17) is 9.47 Å².